The highest BCUT2D eigenvalue weighted by atomic mass is 32.2. The van der Waals surface area contributed by atoms with E-state index in [1.165, 1.54) is 0 Å². The first-order valence-electron chi connectivity index (χ1n) is 6.82. The number of aromatic nitrogens is 2. The molecule has 0 atom stereocenters. The topological polar surface area (TPSA) is 56.1 Å². The summed E-state index contributed by atoms with van der Waals surface area (Å²) in [5.74, 6) is 1.51. The van der Waals surface area contributed by atoms with Crippen molar-refractivity contribution in [2.24, 2.45) is 7.05 Å². The maximum absolute atomic E-state index is 11.9. The number of anilines is 1. The molecule has 0 aliphatic carbocycles. The van der Waals surface area contributed by atoms with Crippen molar-refractivity contribution in [1.29, 1.82) is 0 Å². The lowest BCUT2D eigenvalue weighted by Crippen LogP contribution is -2.12. The highest BCUT2D eigenvalue weighted by Gasteiger charge is 2.05. The molecule has 5 nitrogen and oxygen atoms in total. The molecule has 1 amide bonds. The van der Waals surface area contributed by atoms with Crippen molar-refractivity contribution < 1.29 is 9.53 Å². The van der Waals surface area contributed by atoms with Gasteiger partial charge in [-0.15, -0.1) is 0 Å². The molecule has 0 radical (unpaired) electrons. The van der Waals surface area contributed by atoms with Crippen molar-refractivity contribution in [2.45, 2.75) is 18.5 Å². The molecule has 2 rings (SSSR count). The lowest BCUT2D eigenvalue weighted by Gasteiger charge is -2.07. The fourth-order valence-electron chi connectivity index (χ4n) is 1.75. The summed E-state index contributed by atoms with van der Waals surface area (Å²) >= 11 is 1.57. The van der Waals surface area contributed by atoms with E-state index in [2.05, 4.69) is 10.3 Å². The van der Waals surface area contributed by atoms with E-state index in [0.717, 1.165) is 16.6 Å². The number of aryl methyl sites for hydroxylation is 1. The van der Waals surface area contributed by atoms with E-state index in [9.17, 15) is 4.79 Å². The van der Waals surface area contributed by atoms with Gasteiger partial charge in [-0.2, -0.15) is 0 Å². The lowest BCUT2D eigenvalue weighted by atomic mass is 10.3. The minimum Gasteiger partial charge on any atom is -0.494 e. The van der Waals surface area contributed by atoms with E-state index < -0.39 is 0 Å². The van der Waals surface area contributed by atoms with Crippen LogP contribution < -0.4 is 10.1 Å². The summed E-state index contributed by atoms with van der Waals surface area (Å²) in [5.41, 5.74) is 0.783. The van der Waals surface area contributed by atoms with Crippen molar-refractivity contribution in [1.82, 2.24) is 9.55 Å². The van der Waals surface area contributed by atoms with Gasteiger partial charge in [-0.25, -0.2) is 4.98 Å². The SMILES string of the molecule is CCOc1ccc(NC(=O)CCSc2nccn2C)cc1. The Bertz CT molecular complexity index is 581. The first-order valence-corrected chi connectivity index (χ1v) is 7.80. The number of nitrogens with zero attached hydrogens (tertiary/aromatic N) is 2. The third kappa shape index (κ3) is 4.82. The summed E-state index contributed by atoms with van der Waals surface area (Å²) in [6.45, 7) is 2.57. The van der Waals surface area contributed by atoms with Crippen LogP contribution in [0.15, 0.2) is 41.8 Å². The second-order valence-electron chi connectivity index (χ2n) is 4.42. The second kappa shape index (κ2) is 7.73. The first-order chi connectivity index (χ1) is 10.2. The number of amides is 1. The van der Waals surface area contributed by atoms with Crippen LogP contribution in [0.5, 0.6) is 5.75 Å². The maximum Gasteiger partial charge on any atom is 0.225 e. The number of thioether (sulfide) groups is 1. The van der Waals surface area contributed by atoms with Gasteiger partial charge in [0.25, 0.3) is 0 Å². The summed E-state index contributed by atoms with van der Waals surface area (Å²) in [6.07, 6.45) is 4.09. The van der Waals surface area contributed by atoms with Crippen molar-refractivity contribution >= 4 is 23.4 Å². The lowest BCUT2D eigenvalue weighted by molar-refractivity contribution is -0.115. The highest BCUT2D eigenvalue weighted by molar-refractivity contribution is 7.99. The standard InChI is InChI=1S/C15H19N3O2S/c1-3-20-13-6-4-12(5-7-13)17-14(19)8-11-21-15-16-9-10-18(15)2/h4-7,9-10H,3,8,11H2,1-2H3,(H,17,19). The summed E-state index contributed by atoms with van der Waals surface area (Å²) in [5, 5.41) is 3.79. The van der Waals surface area contributed by atoms with E-state index in [1.807, 2.05) is 49.0 Å². The van der Waals surface area contributed by atoms with Crippen LogP contribution in [0.3, 0.4) is 0 Å². The Morgan fingerprint density at radius 1 is 1.38 bits per heavy atom. The van der Waals surface area contributed by atoms with Gasteiger partial charge in [0.2, 0.25) is 5.91 Å². The van der Waals surface area contributed by atoms with Crippen LogP contribution >= 0.6 is 11.8 Å². The van der Waals surface area contributed by atoms with Crippen molar-refractivity contribution in [3.8, 4) is 5.75 Å². The van der Waals surface area contributed by atoms with Gasteiger partial charge < -0.3 is 14.6 Å². The molecule has 0 saturated heterocycles. The fraction of sp³-hybridized carbons (Fsp3) is 0.333. The Hall–Kier alpha value is -1.95. The zero-order chi connectivity index (χ0) is 15.1. The van der Waals surface area contributed by atoms with Gasteiger partial charge in [0.1, 0.15) is 5.75 Å². The smallest absolute Gasteiger partial charge is 0.225 e. The number of carbonyl (C=O) groups excluding carboxylic acids is 1. The maximum atomic E-state index is 11.9. The number of hydrogen-bond acceptors (Lipinski definition) is 4. The number of benzene rings is 1. The Morgan fingerprint density at radius 2 is 2.14 bits per heavy atom. The van der Waals surface area contributed by atoms with Gasteiger partial charge in [-0.3, -0.25) is 4.79 Å². The van der Waals surface area contributed by atoms with Crippen molar-refractivity contribution in [3.63, 3.8) is 0 Å². The molecular weight excluding hydrogens is 286 g/mol. The van der Waals surface area contributed by atoms with Crippen LogP contribution in [-0.4, -0.2) is 27.8 Å². The Morgan fingerprint density at radius 3 is 2.76 bits per heavy atom. The van der Waals surface area contributed by atoms with Crippen LogP contribution in [0.1, 0.15) is 13.3 Å². The van der Waals surface area contributed by atoms with E-state index in [1.54, 1.807) is 18.0 Å². The largest absolute Gasteiger partial charge is 0.494 e. The molecular formula is C15H19N3O2S. The van der Waals surface area contributed by atoms with Crippen LogP contribution in [0.2, 0.25) is 0 Å². The van der Waals surface area contributed by atoms with Crippen molar-refractivity contribution in [3.05, 3.63) is 36.7 Å². The number of carbonyl (C=O) groups is 1. The highest BCUT2D eigenvalue weighted by Crippen LogP contribution is 2.17. The van der Waals surface area contributed by atoms with Gasteiger partial charge in [-0.1, -0.05) is 11.8 Å². The second-order valence-corrected chi connectivity index (χ2v) is 5.49. The van der Waals surface area contributed by atoms with Gasteiger partial charge >= 0.3 is 0 Å². The molecule has 1 aromatic heterocycles. The summed E-state index contributed by atoms with van der Waals surface area (Å²) in [7, 11) is 1.94. The molecule has 112 valence electrons. The molecule has 0 spiro atoms. The summed E-state index contributed by atoms with van der Waals surface area (Å²) in [4.78, 5) is 16.1. The summed E-state index contributed by atoms with van der Waals surface area (Å²) < 4.78 is 7.30. The Kier molecular flexibility index (Phi) is 5.68. The average Bonchev–Trinajstić information content (AvgIpc) is 2.87. The third-order valence-electron chi connectivity index (χ3n) is 2.79. The number of nitrogens with one attached hydrogen (secondary N) is 1. The minimum atomic E-state index is 0.000805. The van der Waals surface area contributed by atoms with E-state index in [0.29, 0.717) is 18.8 Å². The molecule has 0 bridgehead atoms. The monoisotopic (exact) mass is 305 g/mol. The van der Waals surface area contributed by atoms with Crippen LogP contribution in [-0.2, 0) is 11.8 Å². The van der Waals surface area contributed by atoms with Crippen LogP contribution in [0.4, 0.5) is 5.69 Å². The molecule has 21 heavy (non-hydrogen) atoms. The first kappa shape index (κ1) is 15.4. The number of rotatable bonds is 7. The molecule has 1 N–H and O–H groups in total. The predicted octanol–water partition coefficient (Wildman–Crippen LogP) is 2.94. The van der Waals surface area contributed by atoms with Crippen molar-refractivity contribution in [2.75, 3.05) is 17.7 Å². The van der Waals surface area contributed by atoms with Crippen LogP contribution in [0.25, 0.3) is 0 Å². The molecule has 2 aromatic rings. The van der Waals surface area contributed by atoms with Gasteiger partial charge in [0.15, 0.2) is 5.16 Å². The van der Waals surface area contributed by atoms with Gasteiger partial charge in [0.05, 0.1) is 6.61 Å². The normalized spacial score (nSPS) is 10.4. The predicted molar refractivity (Wildman–Crippen MR) is 84.8 cm³/mol. The van der Waals surface area contributed by atoms with E-state index in [4.69, 9.17) is 4.74 Å². The third-order valence-corrected chi connectivity index (χ3v) is 3.85. The number of ether oxygens (including phenoxy) is 1. The number of hydrogen-bond donors (Lipinski definition) is 1. The molecule has 1 heterocycles. The number of imidazole rings is 1. The average molecular weight is 305 g/mol. The van der Waals surface area contributed by atoms with Crippen LogP contribution in [0, 0.1) is 0 Å². The minimum absolute atomic E-state index is 0.000805. The fourth-order valence-corrected chi connectivity index (χ4v) is 2.62. The van der Waals surface area contributed by atoms with Gasteiger partial charge in [0, 0.05) is 37.3 Å². The zero-order valence-electron chi connectivity index (χ0n) is 12.2. The van der Waals surface area contributed by atoms with Gasteiger partial charge in [-0.05, 0) is 31.2 Å². The Balaban J connectivity index is 1.75. The Labute approximate surface area is 128 Å². The van der Waals surface area contributed by atoms with E-state index in [-0.39, 0.29) is 5.91 Å². The molecule has 0 unspecified atom stereocenters. The quantitative estimate of drug-likeness (QED) is 0.799. The molecule has 0 fully saturated rings. The molecule has 1 aromatic carbocycles. The zero-order valence-corrected chi connectivity index (χ0v) is 13.0. The molecule has 0 saturated carbocycles. The molecule has 0 aliphatic heterocycles. The van der Waals surface area contributed by atoms with E-state index >= 15 is 0 Å². The molecule has 0 aliphatic rings. The summed E-state index contributed by atoms with van der Waals surface area (Å²) in [6, 6.07) is 7.38. The molecule has 6 heteroatoms.